The molecule has 1 fully saturated rings. The fraction of sp³-hybridized carbons (Fsp3) is 0.389. The van der Waals surface area contributed by atoms with Gasteiger partial charge in [0, 0.05) is 11.6 Å². The van der Waals surface area contributed by atoms with Gasteiger partial charge >= 0.3 is 0 Å². The van der Waals surface area contributed by atoms with E-state index in [1.165, 1.54) is 12.8 Å². The van der Waals surface area contributed by atoms with Gasteiger partial charge in [-0.15, -0.1) is 12.4 Å². The van der Waals surface area contributed by atoms with Gasteiger partial charge in [-0.1, -0.05) is 43.2 Å². The zero-order valence-electron chi connectivity index (χ0n) is 12.6. The molecule has 0 heterocycles. The zero-order chi connectivity index (χ0) is 14.7. The Morgan fingerprint density at radius 3 is 2.59 bits per heavy atom. The van der Waals surface area contributed by atoms with Crippen molar-refractivity contribution in [3.63, 3.8) is 0 Å². The molecule has 22 heavy (non-hydrogen) atoms. The molecular formula is C18H23ClN2O. The van der Waals surface area contributed by atoms with Crippen LogP contribution in [-0.2, 0) is 0 Å². The van der Waals surface area contributed by atoms with Crippen LogP contribution >= 0.6 is 12.4 Å². The molecule has 1 saturated carbocycles. The number of fused-ring (bicyclic) bond motifs is 1. The van der Waals surface area contributed by atoms with Gasteiger partial charge in [-0.2, -0.15) is 0 Å². The van der Waals surface area contributed by atoms with Gasteiger partial charge in [-0.25, -0.2) is 0 Å². The van der Waals surface area contributed by atoms with Crippen LogP contribution in [0.5, 0.6) is 0 Å². The molecule has 2 atom stereocenters. The lowest BCUT2D eigenvalue weighted by Crippen LogP contribution is -2.44. The molecular weight excluding hydrogens is 296 g/mol. The highest BCUT2D eigenvalue weighted by Crippen LogP contribution is 2.24. The molecule has 0 bridgehead atoms. The van der Waals surface area contributed by atoms with E-state index in [-0.39, 0.29) is 24.4 Å². The minimum absolute atomic E-state index is 0. The molecule has 0 aliphatic heterocycles. The summed E-state index contributed by atoms with van der Waals surface area (Å²) in [5.74, 6) is 0.439. The smallest absolute Gasteiger partial charge is 0.251 e. The molecule has 2 unspecified atom stereocenters. The maximum atomic E-state index is 12.5. The van der Waals surface area contributed by atoms with Gasteiger partial charge in [0.2, 0.25) is 0 Å². The molecule has 3 rings (SSSR count). The van der Waals surface area contributed by atoms with Gasteiger partial charge in [0.1, 0.15) is 0 Å². The molecule has 1 aliphatic carbocycles. The van der Waals surface area contributed by atoms with E-state index >= 15 is 0 Å². The maximum absolute atomic E-state index is 12.5. The number of rotatable bonds is 3. The van der Waals surface area contributed by atoms with Gasteiger partial charge in [-0.3, -0.25) is 4.79 Å². The Labute approximate surface area is 137 Å². The summed E-state index contributed by atoms with van der Waals surface area (Å²) in [6.45, 7) is 0.655. The molecule has 1 aliphatic rings. The normalized spacial score (nSPS) is 21.1. The monoisotopic (exact) mass is 318 g/mol. The van der Waals surface area contributed by atoms with Crippen LogP contribution in [-0.4, -0.2) is 18.5 Å². The fourth-order valence-electron chi connectivity index (χ4n) is 3.26. The van der Waals surface area contributed by atoms with E-state index < -0.39 is 0 Å². The topological polar surface area (TPSA) is 55.1 Å². The summed E-state index contributed by atoms with van der Waals surface area (Å²) in [4.78, 5) is 12.5. The van der Waals surface area contributed by atoms with Crippen molar-refractivity contribution in [2.45, 2.75) is 31.7 Å². The van der Waals surface area contributed by atoms with Crippen molar-refractivity contribution in [1.82, 2.24) is 5.32 Å². The first-order valence-electron chi connectivity index (χ1n) is 7.77. The average Bonchev–Trinajstić information content (AvgIpc) is 2.55. The predicted molar refractivity (Wildman–Crippen MR) is 93.5 cm³/mol. The van der Waals surface area contributed by atoms with Crippen molar-refractivity contribution in [3.05, 3.63) is 48.0 Å². The lowest BCUT2D eigenvalue weighted by atomic mass is 9.84. The Morgan fingerprint density at radius 2 is 1.82 bits per heavy atom. The molecule has 0 radical (unpaired) electrons. The first-order chi connectivity index (χ1) is 10.3. The third kappa shape index (κ3) is 3.60. The third-order valence-corrected chi connectivity index (χ3v) is 4.54. The lowest BCUT2D eigenvalue weighted by molar-refractivity contribution is 0.0908. The van der Waals surface area contributed by atoms with E-state index in [9.17, 15) is 4.79 Å². The number of hydrogen-bond donors (Lipinski definition) is 2. The van der Waals surface area contributed by atoms with Crippen molar-refractivity contribution < 1.29 is 4.79 Å². The number of nitrogens with two attached hydrogens (primary N) is 1. The van der Waals surface area contributed by atoms with E-state index in [1.807, 2.05) is 36.4 Å². The summed E-state index contributed by atoms with van der Waals surface area (Å²) in [5.41, 5.74) is 6.56. The van der Waals surface area contributed by atoms with E-state index in [0.29, 0.717) is 12.5 Å². The molecule has 0 aromatic heterocycles. The second-order valence-electron chi connectivity index (χ2n) is 5.92. The quantitative estimate of drug-likeness (QED) is 0.910. The Kier molecular flexibility index (Phi) is 5.81. The second kappa shape index (κ2) is 7.61. The minimum Gasteiger partial charge on any atom is -0.349 e. The van der Waals surface area contributed by atoms with Gasteiger partial charge in [0.15, 0.2) is 0 Å². The summed E-state index contributed by atoms with van der Waals surface area (Å²) in [7, 11) is 0. The third-order valence-electron chi connectivity index (χ3n) is 4.54. The molecule has 118 valence electrons. The van der Waals surface area contributed by atoms with Gasteiger partial charge < -0.3 is 11.1 Å². The Bertz CT molecular complexity index is 644. The number of hydrogen-bond acceptors (Lipinski definition) is 2. The van der Waals surface area contributed by atoms with Crippen LogP contribution in [0.3, 0.4) is 0 Å². The largest absolute Gasteiger partial charge is 0.349 e. The van der Waals surface area contributed by atoms with Crippen LogP contribution in [0.15, 0.2) is 42.5 Å². The van der Waals surface area contributed by atoms with Crippen molar-refractivity contribution >= 4 is 29.1 Å². The minimum atomic E-state index is 0. The second-order valence-corrected chi connectivity index (χ2v) is 5.92. The molecule has 0 saturated heterocycles. The van der Waals surface area contributed by atoms with E-state index in [1.54, 1.807) is 0 Å². The number of benzene rings is 2. The predicted octanol–water partition coefficient (Wildman–Crippen LogP) is 3.51. The van der Waals surface area contributed by atoms with Crippen LogP contribution in [0.1, 0.15) is 36.0 Å². The van der Waals surface area contributed by atoms with E-state index in [2.05, 4.69) is 11.4 Å². The number of amides is 1. The summed E-state index contributed by atoms with van der Waals surface area (Å²) < 4.78 is 0. The number of halogens is 1. The Balaban J connectivity index is 0.00000176. The van der Waals surface area contributed by atoms with Crippen LogP contribution in [0, 0.1) is 5.92 Å². The van der Waals surface area contributed by atoms with Crippen LogP contribution in [0.4, 0.5) is 0 Å². The van der Waals surface area contributed by atoms with E-state index in [4.69, 9.17) is 5.73 Å². The number of carbonyl (C=O) groups excluding carboxylic acids is 1. The summed E-state index contributed by atoms with van der Waals surface area (Å²) in [5, 5.41) is 5.44. The van der Waals surface area contributed by atoms with Gasteiger partial charge in [-0.05, 0) is 48.2 Å². The van der Waals surface area contributed by atoms with Crippen LogP contribution in [0.25, 0.3) is 10.8 Å². The molecule has 3 N–H and O–H groups in total. The molecule has 3 nitrogen and oxygen atoms in total. The number of nitrogens with one attached hydrogen (secondary N) is 1. The highest BCUT2D eigenvalue weighted by atomic mass is 35.5. The maximum Gasteiger partial charge on any atom is 0.251 e. The van der Waals surface area contributed by atoms with Gasteiger partial charge in [0.05, 0.1) is 0 Å². The average molecular weight is 319 g/mol. The lowest BCUT2D eigenvalue weighted by Gasteiger charge is -2.31. The first-order valence-corrected chi connectivity index (χ1v) is 7.77. The fourth-order valence-corrected chi connectivity index (χ4v) is 3.26. The van der Waals surface area contributed by atoms with Gasteiger partial charge in [0.25, 0.3) is 5.91 Å². The summed E-state index contributed by atoms with van der Waals surface area (Å²) >= 11 is 0. The Hall–Kier alpha value is -1.58. The molecule has 2 aromatic rings. The summed E-state index contributed by atoms with van der Waals surface area (Å²) in [6.07, 6.45) is 4.57. The molecule has 4 heteroatoms. The van der Waals surface area contributed by atoms with Crippen molar-refractivity contribution in [3.8, 4) is 0 Å². The van der Waals surface area contributed by atoms with E-state index in [0.717, 1.165) is 29.2 Å². The molecule has 0 spiro atoms. The Morgan fingerprint density at radius 1 is 1.09 bits per heavy atom. The highest BCUT2D eigenvalue weighted by Gasteiger charge is 2.25. The zero-order valence-corrected chi connectivity index (χ0v) is 13.4. The first kappa shape index (κ1) is 16.8. The van der Waals surface area contributed by atoms with Crippen LogP contribution in [0.2, 0.25) is 0 Å². The van der Waals surface area contributed by atoms with Crippen molar-refractivity contribution in [2.24, 2.45) is 11.7 Å². The van der Waals surface area contributed by atoms with Crippen molar-refractivity contribution in [1.29, 1.82) is 0 Å². The van der Waals surface area contributed by atoms with Crippen LogP contribution < -0.4 is 11.1 Å². The summed E-state index contributed by atoms with van der Waals surface area (Å²) in [6, 6.07) is 14.2. The van der Waals surface area contributed by atoms with Crippen molar-refractivity contribution in [2.75, 3.05) is 6.54 Å². The number of carbonyl (C=O) groups is 1. The highest BCUT2D eigenvalue weighted by molar-refractivity contribution is 5.98. The molecule has 2 aromatic carbocycles. The standard InChI is InChI=1S/C18H22N2O.ClH/c19-12-16-7-3-4-8-17(16)20-18(21)15-10-9-13-5-1-2-6-14(13)11-15;/h1-2,5-6,9-11,16-17H,3-4,7-8,12,19H2,(H,20,21);1H. The SMILES string of the molecule is Cl.NCC1CCCCC1NC(=O)c1ccc2ccccc2c1. The molecule has 1 amide bonds.